The summed E-state index contributed by atoms with van der Waals surface area (Å²) >= 11 is 1.70. The van der Waals surface area contributed by atoms with Gasteiger partial charge in [-0.05, 0) is 31.0 Å². The highest BCUT2D eigenvalue weighted by molar-refractivity contribution is 7.13. The van der Waals surface area contributed by atoms with Crippen LogP contribution in [0.2, 0.25) is 0 Å². The van der Waals surface area contributed by atoms with Gasteiger partial charge < -0.3 is 9.47 Å². The molecule has 0 spiro atoms. The molecule has 0 atom stereocenters. The largest absolute Gasteiger partial charge is 0.493 e. The maximum absolute atomic E-state index is 5.32. The van der Waals surface area contributed by atoms with Gasteiger partial charge in [-0.15, -0.1) is 11.3 Å². The van der Waals surface area contributed by atoms with Crippen LogP contribution in [0.1, 0.15) is 24.5 Å². The Hall–Kier alpha value is -1.55. The maximum atomic E-state index is 5.32. The molecule has 1 aromatic carbocycles. The molecule has 0 saturated heterocycles. The minimum absolute atomic E-state index is 0.704. The Morgan fingerprint density at radius 3 is 2.61 bits per heavy atom. The predicted octanol–water partition coefficient (Wildman–Crippen LogP) is 3.70. The molecule has 2 aromatic rings. The van der Waals surface area contributed by atoms with E-state index in [1.54, 1.807) is 25.6 Å². The van der Waals surface area contributed by atoms with Crippen LogP contribution in [0.25, 0.3) is 10.6 Å². The number of thiazole rings is 1. The number of hydrogen-bond donors (Lipinski definition) is 0. The summed E-state index contributed by atoms with van der Waals surface area (Å²) in [5.74, 6) is 2.20. The van der Waals surface area contributed by atoms with E-state index in [-0.39, 0.29) is 0 Å². The fraction of sp³-hybridized carbons (Fsp3) is 0.357. The van der Waals surface area contributed by atoms with Crippen LogP contribution < -0.4 is 9.47 Å². The molecule has 0 amide bonds. The Balaban J connectivity index is 1.94. The highest BCUT2D eigenvalue weighted by Crippen LogP contribution is 2.42. The molecule has 0 bridgehead atoms. The second-order valence-corrected chi connectivity index (χ2v) is 5.28. The first-order chi connectivity index (χ1) is 8.81. The molecular weight excluding hydrogens is 246 g/mol. The van der Waals surface area contributed by atoms with E-state index in [4.69, 9.17) is 14.5 Å². The van der Waals surface area contributed by atoms with Crippen molar-refractivity contribution in [2.45, 2.75) is 18.8 Å². The molecule has 1 aromatic heterocycles. The van der Waals surface area contributed by atoms with Crippen molar-refractivity contribution in [1.82, 2.24) is 4.98 Å². The van der Waals surface area contributed by atoms with Crippen molar-refractivity contribution in [3.63, 3.8) is 0 Å². The molecule has 3 nitrogen and oxygen atoms in total. The van der Waals surface area contributed by atoms with E-state index in [0.717, 1.165) is 22.1 Å². The summed E-state index contributed by atoms with van der Waals surface area (Å²) in [5.41, 5.74) is 2.33. The van der Waals surface area contributed by atoms with Gasteiger partial charge in [-0.25, -0.2) is 4.98 Å². The smallest absolute Gasteiger partial charge is 0.161 e. The molecule has 1 heterocycles. The van der Waals surface area contributed by atoms with Crippen LogP contribution in [-0.4, -0.2) is 19.2 Å². The van der Waals surface area contributed by atoms with E-state index in [1.807, 2.05) is 18.2 Å². The van der Waals surface area contributed by atoms with Crippen LogP contribution >= 0.6 is 11.3 Å². The summed E-state index contributed by atoms with van der Waals surface area (Å²) in [6, 6.07) is 5.93. The van der Waals surface area contributed by atoms with Crippen molar-refractivity contribution in [2.75, 3.05) is 14.2 Å². The molecule has 1 aliphatic carbocycles. The van der Waals surface area contributed by atoms with Gasteiger partial charge in [-0.2, -0.15) is 0 Å². The van der Waals surface area contributed by atoms with Crippen molar-refractivity contribution < 1.29 is 9.47 Å². The lowest BCUT2D eigenvalue weighted by Gasteiger charge is -2.08. The Kier molecular flexibility index (Phi) is 2.96. The van der Waals surface area contributed by atoms with E-state index in [9.17, 15) is 0 Å². The summed E-state index contributed by atoms with van der Waals surface area (Å²) in [5, 5.41) is 3.22. The first-order valence-corrected chi connectivity index (χ1v) is 6.87. The van der Waals surface area contributed by atoms with Crippen molar-refractivity contribution >= 4 is 11.3 Å². The summed E-state index contributed by atoms with van der Waals surface area (Å²) < 4.78 is 10.6. The molecular formula is C14H15NO2S. The zero-order valence-corrected chi connectivity index (χ0v) is 11.3. The molecule has 0 aliphatic heterocycles. The summed E-state index contributed by atoms with van der Waals surface area (Å²) in [4.78, 5) is 4.70. The van der Waals surface area contributed by atoms with Gasteiger partial charge in [-0.1, -0.05) is 0 Å². The van der Waals surface area contributed by atoms with Crippen LogP contribution in [0.5, 0.6) is 11.5 Å². The molecule has 0 N–H and O–H groups in total. The zero-order chi connectivity index (χ0) is 12.5. The van der Waals surface area contributed by atoms with Crippen LogP contribution in [0.15, 0.2) is 23.6 Å². The van der Waals surface area contributed by atoms with Gasteiger partial charge in [0.05, 0.1) is 19.9 Å². The molecule has 1 aliphatic rings. The van der Waals surface area contributed by atoms with Gasteiger partial charge in [0.25, 0.3) is 0 Å². The quantitative estimate of drug-likeness (QED) is 0.840. The van der Waals surface area contributed by atoms with Crippen molar-refractivity contribution in [3.8, 4) is 22.1 Å². The van der Waals surface area contributed by atoms with E-state index in [1.165, 1.54) is 18.5 Å². The summed E-state index contributed by atoms with van der Waals surface area (Å²) in [7, 11) is 3.30. The fourth-order valence-corrected chi connectivity index (χ4v) is 2.85. The van der Waals surface area contributed by atoms with E-state index >= 15 is 0 Å². The van der Waals surface area contributed by atoms with Crippen molar-refractivity contribution in [3.05, 3.63) is 29.3 Å². The van der Waals surface area contributed by atoms with Crippen LogP contribution in [0, 0.1) is 0 Å². The molecule has 94 valence electrons. The van der Waals surface area contributed by atoms with Gasteiger partial charge in [0.2, 0.25) is 0 Å². The highest BCUT2D eigenvalue weighted by atomic mass is 32.1. The summed E-state index contributed by atoms with van der Waals surface area (Å²) in [6.45, 7) is 0. The first kappa shape index (κ1) is 11.5. The number of ether oxygens (including phenoxy) is 2. The number of aromatic nitrogens is 1. The van der Waals surface area contributed by atoms with Gasteiger partial charge in [0.1, 0.15) is 5.01 Å². The lowest BCUT2D eigenvalue weighted by atomic mass is 10.2. The lowest BCUT2D eigenvalue weighted by Crippen LogP contribution is -1.90. The number of rotatable bonds is 4. The molecule has 1 saturated carbocycles. The minimum atomic E-state index is 0.704. The zero-order valence-electron chi connectivity index (χ0n) is 10.5. The first-order valence-electron chi connectivity index (χ1n) is 5.99. The average Bonchev–Trinajstić information content (AvgIpc) is 3.16. The van der Waals surface area contributed by atoms with Crippen molar-refractivity contribution in [1.29, 1.82) is 0 Å². The number of methoxy groups -OCH3 is 2. The predicted molar refractivity (Wildman–Crippen MR) is 72.6 cm³/mol. The monoisotopic (exact) mass is 261 g/mol. The molecule has 0 radical (unpaired) electrons. The third-order valence-electron chi connectivity index (χ3n) is 3.15. The second kappa shape index (κ2) is 4.61. The van der Waals surface area contributed by atoms with E-state index in [0.29, 0.717) is 5.92 Å². The third kappa shape index (κ3) is 2.08. The topological polar surface area (TPSA) is 31.4 Å². The lowest BCUT2D eigenvalue weighted by molar-refractivity contribution is 0.355. The highest BCUT2D eigenvalue weighted by Gasteiger charge is 2.26. The van der Waals surface area contributed by atoms with Crippen LogP contribution in [0.3, 0.4) is 0 Å². The molecule has 18 heavy (non-hydrogen) atoms. The maximum Gasteiger partial charge on any atom is 0.161 e. The molecule has 0 unspecified atom stereocenters. The third-order valence-corrected chi connectivity index (χ3v) is 4.06. The second-order valence-electron chi connectivity index (χ2n) is 4.42. The Bertz CT molecular complexity index is 561. The van der Waals surface area contributed by atoms with E-state index < -0.39 is 0 Å². The van der Waals surface area contributed by atoms with E-state index in [2.05, 4.69) is 5.38 Å². The van der Waals surface area contributed by atoms with Crippen molar-refractivity contribution in [2.24, 2.45) is 0 Å². The van der Waals surface area contributed by atoms with Gasteiger partial charge in [0.15, 0.2) is 11.5 Å². The summed E-state index contributed by atoms with van der Waals surface area (Å²) in [6.07, 6.45) is 2.57. The fourth-order valence-electron chi connectivity index (χ4n) is 1.95. The standard InChI is InChI=1S/C14H15NO2S/c1-16-12-6-5-10(7-13(12)17-2)14-15-11(8-18-14)9-3-4-9/h5-9H,3-4H2,1-2H3. The van der Waals surface area contributed by atoms with Gasteiger partial charge >= 0.3 is 0 Å². The average molecular weight is 261 g/mol. The normalized spacial score (nSPS) is 14.6. The molecule has 4 heteroatoms. The Labute approximate surface area is 110 Å². The SMILES string of the molecule is COc1ccc(-c2nc(C3CC3)cs2)cc1OC. The molecule has 1 fully saturated rings. The number of nitrogens with zero attached hydrogens (tertiary/aromatic N) is 1. The van der Waals surface area contributed by atoms with Crippen LogP contribution in [-0.2, 0) is 0 Å². The Morgan fingerprint density at radius 2 is 1.94 bits per heavy atom. The van der Waals surface area contributed by atoms with Crippen LogP contribution in [0.4, 0.5) is 0 Å². The molecule has 3 rings (SSSR count). The van der Waals surface area contributed by atoms with Gasteiger partial charge in [0, 0.05) is 16.9 Å². The number of benzene rings is 1. The minimum Gasteiger partial charge on any atom is -0.493 e. The van der Waals surface area contributed by atoms with Gasteiger partial charge in [-0.3, -0.25) is 0 Å². The Morgan fingerprint density at radius 1 is 1.17 bits per heavy atom. The number of hydrogen-bond acceptors (Lipinski definition) is 4.